The van der Waals surface area contributed by atoms with Crippen molar-refractivity contribution in [1.29, 1.82) is 5.26 Å². The molecule has 0 aliphatic carbocycles. The maximum Gasteiger partial charge on any atom is 0.263 e. The molecule has 1 aliphatic heterocycles. The first-order chi connectivity index (χ1) is 13.6. The lowest BCUT2D eigenvalue weighted by Crippen LogP contribution is -2.46. The molecule has 0 radical (unpaired) electrons. The normalized spacial score (nSPS) is 15.4. The van der Waals surface area contributed by atoms with Gasteiger partial charge in [0, 0.05) is 24.7 Å². The first-order valence-electron chi connectivity index (χ1n) is 9.38. The highest BCUT2D eigenvalue weighted by molar-refractivity contribution is 5.92. The Bertz CT molecular complexity index is 851. The monoisotopic (exact) mass is 377 g/mol. The molecule has 0 spiro atoms. The zero-order chi connectivity index (χ0) is 19.9. The molecule has 2 aromatic carbocycles. The molecule has 0 aromatic heterocycles. The fourth-order valence-electron chi connectivity index (χ4n) is 3.25. The molecule has 6 nitrogen and oxygen atoms in total. The van der Waals surface area contributed by atoms with E-state index < -0.39 is 6.10 Å². The molecule has 2 aromatic rings. The van der Waals surface area contributed by atoms with Gasteiger partial charge in [0.25, 0.3) is 5.91 Å². The van der Waals surface area contributed by atoms with Crippen LogP contribution in [0.2, 0.25) is 0 Å². The van der Waals surface area contributed by atoms with Crippen LogP contribution in [0.15, 0.2) is 54.6 Å². The van der Waals surface area contributed by atoms with Crippen LogP contribution in [0.1, 0.15) is 25.3 Å². The van der Waals surface area contributed by atoms with Crippen molar-refractivity contribution >= 4 is 17.5 Å². The minimum absolute atomic E-state index is 0.000167. The first-order valence-corrected chi connectivity index (χ1v) is 9.38. The van der Waals surface area contributed by atoms with Crippen LogP contribution >= 0.6 is 0 Å². The van der Waals surface area contributed by atoms with Gasteiger partial charge in [0.1, 0.15) is 5.75 Å². The molecule has 1 atom stereocenters. The Hall–Kier alpha value is -3.33. The maximum atomic E-state index is 12.6. The lowest BCUT2D eigenvalue weighted by molar-refractivity contribution is -0.140. The minimum Gasteiger partial charge on any atom is -0.481 e. The van der Waals surface area contributed by atoms with E-state index >= 15 is 0 Å². The van der Waals surface area contributed by atoms with Crippen molar-refractivity contribution in [2.75, 3.05) is 18.4 Å². The van der Waals surface area contributed by atoms with Crippen molar-refractivity contribution < 1.29 is 14.3 Å². The van der Waals surface area contributed by atoms with Crippen LogP contribution in [-0.2, 0) is 9.59 Å². The van der Waals surface area contributed by atoms with Gasteiger partial charge >= 0.3 is 0 Å². The van der Waals surface area contributed by atoms with Gasteiger partial charge in [-0.15, -0.1) is 0 Å². The van der Waals surface area contributed by atoms with Gasteiger partial charge in [-0.2, -0.15) is 5.26 Å². The van der Waals surface area contributed by atoms with Crippen molar-refractivity contribution in [2.45, 2.75) is 25.9 Å². The molecule has 0 bridgehead atoms. The second-order valence-electron chi connectivity index (χ2n) is 6.85. The molecule has 1 aliphatic rings. The quantitative estimate of drug-likeness (QED) is 0.867. The molecule has 1 fully saturated rings. The van der Waals surface area contributed by atoms with Crippen molar-refractivity contribution in [3.63, 3.8) is 0 Å². The number of hydrogen-bond donors (Lipinski definition) is 1. The highest BCUT2D eigenvalue weighted by Crippen LogP contribution is 2.21. The largest absolute Gasteiger partial charge is 0.481 e. The van der Waals surface area contributed by atoms with E-state index in [1.165, 1.54) is 0 Å². The van der Waals surface area contributed by atoms with Crippen LogP contribution in [-0.4, -0.2) is 35.9 Å². The minimum atomic E-state index is -0.623. The Morgan fingerprint density at radius 3 is 2.36 bits per heavy atom. The van der Waals surface area contributed by atoms with Gasteiger partial charge < -0.3 is 15.0 Å². The van der Waals surface area contributed by atoms with Crippen molar-refractivity contribution in [1.82, 2.24) is 4.90 Å². The number of nitrogens with zero attached hydrogens (tertiary/aromatic N) is 2. The molecule has 1 N–H and O–H groups in total. The third-order valence-electron chi connectivity index (χ3n) is 4.86. The fourth-order valence-corrected chi connectivity index (χ4v) is 3.25. The number of anilines is 1. The number of likely N-dealkylation sites (tertiary alicyclic amines) is 1. The van der Waals surface area contributed by atoms with Gasteiger partial charge in [0.15, 0.2) is 6.10 Å². The van der Waals surface area contributed by atoms with Gasteiger partial charge in [-0.25, -0.2) is 0 Å². The average molecular weight is 377 g/mol. The lowest BCUT2D eigenvalue weighted by atomic mass is 9.95. The van der Waals surface area contributed by atoms with Crippen LogP contribution < -0.4 is 10.1 Å². The number of rotatable bonds is 5. The molecule has 0 saturated carbocycles. The fraction of sp³-hybridized carbons (Fsp3) is 0.318. The number of para-hydroxylation sites is 1. The highest BCUT2D eigenvalue weighted by atomic mass is 16.5. The molecule has 1 heterocycles. The van der Waals surface area contributed by atoms with Gasteiger partial charge in [-0.3, -0.25) is 9.59 Å². The molecule has 0 unspecified atom stereocenters. The lowest BCUT2D eigenvalue weighted by Gasteiger charge is -2.33. The summed E-state index contributed by atoms with van der Waals surface area (Å²) in [6.07, 6.45) is 0.643. The first kappa shape index (κ1) is 19.4. The van der Waals surface area contributed by atoms with Gasteiger partial charge in [0.2, 0.25) is 5.91 Å². The third kappa shape index (κ3) is 4.89. The number of nitriles is 1. The van der Waals surface area contributed by atoms with E-state index in [1.54, 1.807) is 36.1 Å². The van der Waals surface area contributed by atoms with E-state index in [4.69, 9.17) is 10.00 Å². The Kier molecular flexibility index (Phi) is 6.28. The number of nitrogens with one attached hydrogen (secondary N) is 1. The van der Waals surface area contributed by atoms with Gasteiger partial charge in [0.05, 0.1) is 11.6 Å². The summed E-state index contributed by atoms with van der Waals surface area (Å²) in [6, 6.07) is 18.1. The molecule has 1 saturated heterocycles. The van der Waals surface area contributed by atoms with E-state index in [-0.39, 0.29) is 17.7 Å². The van der Waals surface area contributed by atoms with E-state index in [0.717, 1.165) is 5.69 Å². The summed E-state index contributed by atoms with van der Waals surface area (Å²) < 4.78 is 5.70. The number of carbonyl (C=O) groups is 2. The zero-order valence-corrected chi connectivity index (χ0v) is 15.8. The maximum absolute atomic E-state index is 12.6. The molecule has 2 amide bonds. The van der Waals surface area contributed by atoms with Crippen molar-refractivity contribution in [3.8, 4) is 11.8 Å². The van der Waals surface area contributed by atoms with Crippen molar-refractivity contribution in [2.24, 2.45) is 5.92 Å². The second-order valence-corrected chi connectivity index (χ2v) is 6.85. The summed E-state index contributed by atoms with van der Waals surface area (Å²) in [5.74, 6) is 0.363. The van der Waals surface area contributed by atoms with E-state index in [2.05, 4.69) is 5.32 Å². The topological polar surface area (TPSA) is 82.4 Å². The number of ether oxygens (including phenoxy) is 1. The Morgan fingerprint density at radius 1 is 1.11 bits per heavy atom. The molecule has 144 valence electrons. The van der Waals surface area contributed by atoms with Crippen LogP contribution in [0.3, 0.4) is 0 Å². The summed E-state index contributed by atoms with van der Waals surface area (Å²) >= 11 is 0. The average Bonchev–Trinajstić information content (AvgIpc) is 2.74. The standard InChI is InChI=1S/C22H23N3O3/c1-16(28-20-9-7-17(15-23)8-10-20)22(27)25-13-11-18(12-14-25)21(26)24-19-5-3-2-4-6-19/h2-10,16,18H,11-14H2,1H3,(H,24,26)/t16-/m0/s1. The number of benzene rings is 2. The number of hydrogen-bond acceptors (Lipinski definition) is 4. The van der Waals surface area contributed by atoms with Crippen LogP contribution in [0.4, 0.5) is 5.69 Å². The van der Waals surface area contributed by atoms with Gasteiger partial charge in [-0.05, 0) is 56.2 Å². The zero-order valence-electron chi connectivity index (χ0n) is 15.8. The smallest absolute Gasteiger partial charge is 0.263 e. The molecule has 28 heavy (non-hydrogen) atoms. The van der Waals surface area contributed by atoms with E-state index in [0.29, 0.717) is 37.2 Å². The van der Waals surface area contributed by atoms with Crippen LogP contribution in [0.25, 0.3) is 0 Å². The summed E-state index contributed by atoms with van der Waals surface area (Å²) in [6.45, 7) is 2.79. The van der Waals surface area contributed by atoms with Crippen LogP contribution in [0.5, 0.6) is 5.75 Å². The highest BCUT2D eigenvalue weighted by Gasteiger charge is 2.30. The number of amides is 2. The second kappa shape index (κ2) is 9.05. The Morgan fingerprint density at radius 2 is 1.75 bits per heavy atom. The third-order valence-corrected chi connectivity index (χ3v) is 4.86. The molecule has 3 rings (SSSR count). The summed E-state index contributed by atoms with van der Waals surface area (Å²) in [5.41, 5.74) is 1.33. The Labute approximate surface area is 164 Å². The number of piperidine rings is 1. The predicted molar refractivity (Wildman–Crippen MR) is 106 cm³/mol. The summed E-state index contributed by atoms with van der Waals surface area (Å²) in [4.78, 5) is 26.8. The number of carbonyl (C=O) groups excluding carboxylic acids is 2. The van der Waals surface area contributed by atoms with Crippen LogP contribution in [0, 0.1) is 17.2 Å². The molecular formula is C22H23N3O3. The van der Waals surface area contributed by atoms with Crippen molar-refractivity contribution in [3.05, 3.63) is 60.2 Å². The molecular weight excluding hydrogens is 354 g/mol. The SMILES string of the molecule is C[C@H](Oc1ccc(C#N)cc1)C(=O)N1CCC(C(=O)Nc2ccccc2)CC1. The van der Waals surface area contributed by atoms with Gasteiger partial charge in [-0.1, -0.05) is 18.2 Å². The summed E-state index contributed by atoms with van der Waals surface area (Å²) in [5, 5.41) is 11.8. The summed E-state index contributed by atoms with van der Waals surface area (Å²) in [7, 11) is 0. The predicted octanol–water partition coefficient (Wildman–Crippen LogP) is 3.20. The Balaban J connectivity index is 1.48. The molecule has 6 heteroatoms. The van der Waals surface area contributed by atoms with E-state index in [9.17, 15) is 9.59 Å². The van der Waals surface area contributed by atoms with E-state index in [1.807, 2.05) is 36.4 Å².